The minimum atomic E-state index is -0.424. The summed E-state index contributed by atoms with van der Waals surface area (Å²) in [5.74, 6) is 0.549. The lowest BCUT2D eigenvalue weighted by atomic mass is 10.2. The summed E-state index contributed by atoms with van der Waals surface area (Å²) in [6.45, 7) is 6.14. The summed E-state index contributed by atoms with van der Waals surface area (Å²) in [6, 6.07) is 1.41. The number of nitrogens with zero attached hydrogens (tertiary/aromatic N) is 4. The van der Waals surface area contributed by atoms with E-state index < -0.39 is 5.56 Å². The topological polar surface area (TPSA) is 82.2 Å². The number of carbonyl (C=O) groups excluding carboxylic acids is 1. The number of aryl methyl sites for hydroxylation is 2. The highest BCUT2D eigenvalue weighted by Gasteiger charge is 2.25. The second-order valence-electron chi connectivity index (χ2n) is 5.76. The molecule has 126 valence electrons. The highest BCUT2D eigenvalue weighted by atomic mass is 35.5. The highest BCUT2D eigenvalue weighted by Crippen LogP contribution is 2.18. The Bertz CT molecular complexity index is 827. The van der Waals surface area contributed by atoms with Crippen molar-refractivity contribution in [3.63, 3.8) is 0 Å². The predicted octanol–water partition coefficient (Wildman–Crippen LogP) is 1.40. The fraction of sp³-hybridized carbons (Fsp3) is 0.375. The molecule has 1 fully saturated rings. The summed E-state index contributed by atoms with van der Waals surface area (Å²) in [6.07, 6.45) is 3.11. The van der Waals surface area contributed by atoms with E-state index in [1.54, 1.807) is 11.1 Å². The molecule has 7 nitrogen and oxygen atoms in total. The molecule has 0 radical (unpaired) electrons. The molecular formula is C16H18ClN5O2. The molecule has 0 aromatic carbocycles. The summed E-state index contributed by atoms with van der Waals surface area (Å²) in [7, 11) is 0. The van der Waals surface area contributed by atoms with Crippen LogP contribution >= 0.6 is 11.6 Å². The van der Waals surface area contributed by atoms with Gasteiger partial charge in [0, 0.05) is 38.6 Å². The molecule has 1 N–H and O–H groups in total. The molecule has 2 aromatic rings. The summed E-state index contributed by atoms with van der Waals surface area (Å²) in [5, 5.41) is 0.335. The number of pyridine rings is 1. The molecule has 1 saturated heterocycles. The maximum Gasteiger partial charge on any atom is 0.260 e. The zero-order chi connectivity index (χ0) is 17.3. The maximum atomic E-state index is 12.5. The molecule has 0 saturated carbocycles. The Kier molecular flexibility index (Phi) is 4.53. The number of H-pyrrole nitrogens is 1. The Morgan fingerprint density at radius 3 is 2.67 bits per heavy atom. The minimum absolute atomic E-state index is 0.0717. The van der Waals surface area contributed by atoms with Crippen molar-refractivity contribution in [2.45, 2.75) is 13.8 Å². The smallest absolute Gasteiger partial charge is 0.260 e. The van der Waals surface area contributed by atoms with Crippen LogP contribution in [0.4, 0.5) is 5.82 Å². The first-order valence-corrected chi connectivity index (χ1v) is 8.06. The van der Waals surface area contributed by atoms with E-state index in [0.717, 1.165) is 17.2 Å². The van der Waals surface area contributed by atoms with Gasteiger partial charge in [-0.25, -0.2) is 4.98 Å². The lowest BCUT2D eigenvalue weighted by Gasteiger charge is -2.35. The van der Waals surface area contributed by atoms with E-state index in [0.29, 0.717) is 31.2 Å². The average Bonchev–Trinajstić information content (AvgIpc) is 2.59. The van der Waals surface area contributed by atoms with Crippen LogP contribution in [0.25, 0.3) is 0 Å². The van der Waals surface area contributed by atoms with Crippen LogP contribution in [0.2, 0.25) is 5.02 Å². The number of rotatable bonds is 2. The number of piperazine rings is 1. The normalized spacial score (nSPS) is 14.8. The van der Waals surface area contributed by atoms with Gasteiger partial charge < -0.3 is 14.8 Å². The van der Waals surface area contributed by atoms with Crippen molar-refractivity contribution in [3.05, 3.63) is 50.8 Å². The van der Waals surface area contributed by atoms with Gasteiger partial charge >= 0.3 is 0 Å². The Hall–Kier alpha value is -2.41. The van der Waals surface area contributed by atoms with Crippen LogP contribution < -0.4 is 10.5 Å². The number of aromatic nitrogens is 3. The van der Waals surface area contributed by atoms with E-state index in [9.17, 15) is 9.59 Å². The summed E-state index contributed by atoms with van der Waals surface area (Å²) < 4.78 is 0. The fourth-order valence-electron chi connectivity index (χ4n) is 2.73. The van der Waals surface area contributed by atoms with Crippen LogP contribution in [0.3, 0.4) is 0 Å². The van der Waals surface area contributed by atoms with Crippen LogP contribution in [-0.2, 0) is 0 Å². The number of halogens is 1. The van der Waals surface area contributed by atoms with Gasteiger partial charge in [-0.3, -0.25) is 14.6 Å². The van der Waals surface area contributed by atoms with Gasteiger partial charge in [-0.1, -0.05) is 11.6 Å². The first-order chi connectivity index (χ1) is 11.5. The third kappa shape index (κ3) is 3.26. The van der Waals surface area contributed by atoms with Crippen LogP contribution in [0.15, 0.2) is 23.3 Å². The zero-order valence-corrected chi connectivity index (χ0v) is 14.3. The van der Waals surface area contributed by atoms with E-state index in [2.05, 4.69) is 19.9 Å². The maximum absolute atomic E-state index is 12.5. The van der Waals surface area contributed by atoms with Crippen molar-refractivity contribution in [3.8, 4) is 0 Å². The molecule has 0 bridgehead atoms. The number of carbonyl (C=O) groups is 1. The monoisotopic (exact) mass is 347 g/mol. The van der Waals surface area contributed by atoms with E-state index in [1.165, 1.54) is 12.3 Å². The quantitative estimate of drug-likeness (QED) is 0.888. The molecule has 1 amide bonds. The molecule has 0 atom stereocenters. The summed E-state index contributed by atoms with van der Waals surface area (Å²) in [5.41, 5.74) is 1.38. The second kappa shape index (κ2) is 6.60. The largest absolute Gasteiger partial charge is 0.352 e. The highest BCUT2D eigenvalue weighted by molar-refractivity contribution is 6.30. The third-order valence-electron chi connectivity index (χ3n) is 4.02. The van der Waals surface area contributed by atoms with Gasteiger partial charge in [0.2, 0.25) is 0 Å². The van der Waals surface area contributed by atoms with Crippen molar-refractivity contribution in [2.24, 2.45) is 0 Å². The first kappa shape index (κ1) is 16.4. The molecule has 2 aromatic heterocycles. The molecule has 0 aliphatic carbocycles. The van der Waals surface area contributed by atoms with E-state index in [4.69, 9.17) is 11.6 Å². The van der Waals surface area contributed by atoms with E-state index in [1.807, 2.05) is 13.8 Å². The van der Waals surface area contributed by atoms with E-state index in [-0.39, 0.29) is 11.5 Å². The predicted molar refractivity (Wildman–Crippen MR) is 91.7 cm³/mol. The Labute approximate surface area is 144 Å². The Balaban J connectivity index is 1.73. The van der Waals surface area contributed by atoms with Gasteiger partial charge in [0.05, 0.1) is 16.4 Å². The van der Waals surface area contributed by atoms with Crippen LogP contribution in [0.5, 0.6) is 0 Å². The van der Waals surface area contributed by atoms with Crippen molar-refractivity contribution >= 4 is 23.3 Å². The van der Waals surface area contributed by atoms with Crippen molar-refractivity contribution in [1.82, 2.24) is 19.9 Å². The molecule has 24 heavy (non-hydrogen) atoms. The molecule has 1 aliphatic heterocycles. The SMILES string of the molecule is Cc1cnc(C)c(N2CCN(C(=O)c3cc(Cl)c[nH]c3=O)CC2)n1. The first-order valence-electron chi connectivity index (χ1n) is 7.68. The van der Waals surface area contributed by atoms with Gasteiger partial charge in [0.25, 0.3) is 11.5 Å². The van der Waals surface area contributed by atoms with Crippen LogP contribution in [0.1, 0.15) is 21.7 Å². The number of aromatic amines is 1. The van der Waals surface area contributed by atoms with Gasteiger partial charge in [0.15, 0.2) is 0 Å². The standard InChI is InChI=1S/C16H18ClN5O2/c1-10-8-18-11(2)14(20-10)21-3-5-22(6-4-21)16(24)13-7-12(17)9-19-15(13)23/h7-9H,3-6H2,1-2H3,(H,19,23). The molecule has 0 spiro atoms. The molecule has 3 rings (SSSR count). The summed E-state index contributed by atoms with van der Waals surface area (Å²) >= 11 is 5.87. The minimum Gasteiger partial charge on any atom is -0.352 e. The lowest BCUT2D eigenvalue weighted by Crippen LogP contribution is -2.50. The molecule has 8 heteroatoms. The zero-order valence-electron chi connectivity index (χ0n) is 13.5. The number of nitrogens with one attached hydrogen (secondary N) is 1. The van der Waals surface area contributed by atoms with Crippen molar-refractivity contribution in [1.29, 1.82) is 0 Å². The number of hydrogen-bond acceptors (Lipinski definition) is 5. The van der Waals surface area contributed by atoms with Gasteiger partial charge in [-0.2, -0.15) is 0 Å². The fourth-order valence-corrected chi connectivity index (χ4v) is 2.90. The van der Waals surface area contributed by atoms with Crippen molar-refractivity contribution < 1.29 is 4.79 Å². The third-order valence-corrected chi connectivity index (χ3v) is 4.23. The molecule has 1 aliphatic rings. The number of anilines is 1. The van der Waals surface area contributed by atoms with Gasteiger partial charge in [0.1, 0.15) is 11.4 Å². The van der Waals surface area contributed by atoms with Crippen molar-refractivity contribution in [2.75, 3.05) is 31.1 Å². The second-order valence-corrected chi connectivity index (χ2v) is 6.20. The number of hydrogen-bond donors (Lipinski definition) is 1. The Morgan fingerprint density at radius 1 is 1.25 bits per heavy atom. The average molecular weight is 348 g/mol. The van der Waals surface area contributed by atoms with Crippen LogP contribution in [-0.4, -0.2) is 51.9 Å². The number of amides is 1. The van der Waals surface area contributed by atoms with Crippen LogP contribution in [0, 0.1) is 13.8 Å². The Morgan fingerprint density at radius 2 is 1.96 bits per heavy atom. The summed E-state index contributed by atoms with van der Waals surface area (Å²) in [4.78, 5) is 39.5. The van der Waals surface area contributed by atoms with Gasteiger partial charge in [-0.15, -0.1) is 0 Å². The molecule has 3 heterocycles. The molecular weight excluding hydrogens is 330 g/mol. The van der Waals surface area contributed by atoms with Gasteiger partial charge in [-0.05, 0) is 19.9 Å². The lowest BCUT2D eigenvalue weighted by molar-refractivity contribution is 0.0744. The molecule has 0 unspecified atom stereocenters. The van der Waals surface area contributed by atoms with E-state index >= 15 is 0 Å².